The molecule has 0 aromatic rings. The van der Waals surface area contributed by atoms with Gasteiger partial charge < -0.3 is 5.73 Å². The average Bonchev–Trinajstić information content (AvgIpc) is 2.58. The topological polar surface area (TPSA) is 38.4 Å². The summed E-state index contributed by atoms with van der Waals surface area (Å²) in [5.74, 6) is 0. The van der Waals surface area contributed by atoms with E-state index < -0.39 is 0 Å². The van der Waals surface area contributed by atoms with Gasteiger partial charge in [0.1, 0.15) is 0 Å². The van der Waals surface area contributed by atoms with Crippen LogP contribution in [0.3, 0.4) is 0 Å². The lowest BCUT2D eigenvalue weighted by atomic mass is 9.94. The first-order valence-electron chi connectivity index (χ1n) is 6.74. The fraction of sp³-hybridized carbons (Fsp3) is 0.353. The molecule has 2 heteroatoms. The van der Waals surface area contributed by atoms with Crippen molar-refractivity contribution in [2.24, 2.45) is 16.1 Å². The summed E-state index contributed by atoms with van der Waals surface area (Å²) < 4.78 is 0. The summed E-state index contributed by atoms with van der Waals surface area (Å²) in [7, 11) is 0. The Bertz CT molecular complexity index is 430. The van der Waals surface area contributed by atoms with E-state index in [1.54, 1.807) is 6.20 Å². The summed E-state index contributed by atoms with van der Waals surface area (Å²) in [5, 5.41) is 0. The molecule has 0 aromatic carbocycles. The fourth-order valence-electron chi connectivity index (χ4n) is 1.39. The van der Waals surface area contributed by atoms with Crippen LogP contribution in [0.2, 0.25) is 0 Å². The van der Waals surface area contributed by atoms with Gasteiger partial charge in [0.15, 0.2) is 0 Å². The smallest absolute Gasteiger partial charge is 0.0343 e. The molecule has 1 heterocycles. The van der Waals surface area contributed by atoms with Gasteiger partial charge in [-0.1, -0.05) is 64.2 Å². The molecule has 0 aliphatic carbocycles. The van der Waals surface area contributed by atoms with E-state index in [9.17, 15) is 0 Å². The molecule has 0 bridgehead atoms. The molecule has 0 unspecified atom stereocenters. The van der Waals surface area contributed by atoms with Crippen molar-refractivity contribution in [3.8, 4) is 0 Å². The first-order valence-corrected chi connectivity index (χ1v) is 6.74. The number of allylic oxidation sites excluding steroid dienone is 8. The quantitative estimate of drug-likeness (QED) is 0.742. The standard InChI is InChI=1S/C15H20N2.C2H6/c1-4-5-6-7-13(10-16)14-8-9-15(2,3)12-17-11-14;1-2/h4-12H,16H2,1-3H3;1-2H3/b5-4+,7-6-,13-10+;. The molecule has 1 rings (SSSR count). The van der Waals surface area contributed by atoms with Gasteiger partial charge in [0, 0.05) is 29.6 Å². The van der Waals surface area contributed by atoms with Crippen molar-refractivity contribution in [1.82, 2.24) is 0 Å². The molecule has 0 spiro atoms. The minimum Gasteiger partial charge on any atom is -0.404 e. The van der Waals surface area contributed by atoms with Crippen LogP contribution < -0.4 is 5.73 Å². The number of nitrogens with zero attached hydrogens (tertiary/aromatic N) is 1. The minimum absolute atomic E-state index is 0.00893. The molecular weight excluding hydrogens is 232 g/mol. The summed E-state index contributed by atoms with van der Waals surface area (Å²) in [6.07, 6.45) is 17.4. The molecule has 0 radical (unpaired) electrons. The lowest BCUT2D eigenvalue weighted by molar-refractivity contribution is 0.695. The number of hydrogen-bond acceptors (Lipinski definition) is 2. The van der Waals surface area contributed by atoms with Crippen LogP contribution in [0, 0.1) is 5.41 Å². The predicted molar refractivity (Wildman–Crippen MR) is 87.1 cm³/mol. The van der Waals surface area contributed by atoms with E-state index in [0.717, 1.165) is 11.1 Å². The van der Waals surface area contributed by atoms with Crippen molar-refractivity contribution in [3.05, 3.63) is 60.0 Å². The number of nitrogens with two attached hydrogens (primary N) is 1. The molecule has 0 amide bonds. The highest BCUT2D eigenvalue weighted by atomic mass is 14.7. The van der Waals surface area contributed by atoms with Crippen LogP contribution in [0.15, 0.2) is 65.0 Å². The van der Waals surface area contributed by atoms with E-state index in [4.69, 9.17) is 5.73 Å². The maximum absolute atomic E-state index is 5.64. The molecule has 0 aromatic heterocycles. The van der Waals surface area contributed by atoms with Crippen LogP contribution in [0.5, 0.6) is 0 Å². The number of aliphatic imine (C=N–C) groups is 1. The second-order valence-electron chi connectivity index (χ2n) is 4.52. The maximum Gasteiger partial charge on any atom is 0.0343 e. The van der Waals surface area contributed by atoms with Crippen molar-refractivity contribution in [2.45, 2.75) is 34.6 Å². The number of rotatable bonds is 3. The zero-order valence-corrected chi connectivity index (χ0v) is 12.7. The molecule has 1 aliphatic rings. The molecule has 0 saturated carbocycles. The molecular formula is C17H26N2. The zero-order valence-electron chi connectivity index (χ0n) is 12.7. The average molecular weight is 258 g/mol. The van der Waals surface area contributed by atoms with Gasteiger partial charge in [-0.15, -0.1) is 0 Å². The van der Waals surface area contributed by atoms with Crippen molar-refractivity contribution in [1.29, 1.82) is 0 Å². The Balaban J connectivity index is 0.00000154. The summed E-state index contributed by atoms with van der Waals surface area (Å²) in [6, 6.07) is 0. The largest absolute Gasteiger partial charge is 0.404 e. The molecule has 2 nitrogen and oxygen atoms in total. The molecule has 0 atom stereocenters. The van der Waals surface area contributed by atoms with Gasteiger partial charge in [0.2, 0.25) is 0 Å². The van der Waals surface area contributed by atoms with E-state index in [-0.39, 0.29) is 5.41 Å². The second-order valence-corrected chi connectivity index (χ2v) is 4.52. The van der Waals surface area contributed by atoms with Crippen LogP contribution in [0.25, 0.3) is 0 Å². The third-order valence-corrected chi connectivity index (χ3v) is 2.41. The normalized spacial score (nSPS) is 18.2. The maximum atomic E-state index is 5.64. The Kier molecular flexibility index (Phi) is 8.27. The Labute approximate surface area is 117 Å². The molecule has 1 aliphatic heterocycles. The van der Waals surface area contributed by atoms with Crippen molar-refractivity contribution in [2.75, 3.05) is 0 Å². The zero-order chi connectivity index (χ0) is 14.7. The van der Waals surface area contributed by atoms with Gasteiger partial charge in [0.25, 0.3) is 0 Å². The Hall–Kier alpha value is -1.83. The van der Waals surface area contributed by atoms with E-state index in [2.05, 4.69) is 31.0 Å². The monoisotopic (exact) mass is 258 g/mol. The lowest BCUT2D eigenvalue weighted by Crippen LogP contribution is -2.07. The van der Waals surface area contributed by atoms with Crippen LogP contribution in [-0.2, 0) is 0 Å². The molecule has 19 heavy (non-hydrogen) atoms. The summed E-state index contributed by atoms with van der Waals surface area (Å²) in [5.41, 5.74) is 7.62. The Morgan fingerprint density at radius 3 is 2.53 bits per heavy atom. The molecule has 0 fully saturated rings. The fourth-order valence-corrected chi connectivity index (χ4v) is 1.39. The SMILES string of the molecule is C/C=C/C=C\C(=C/N)C1=CN=CC(C)(C)C=C1.CC. The number of hydrogen-bond donors (Lipinski definition) is 1. The highest BCUT2D eigenvalue weighted by Gasteiger charge is 2.12. The first-order chi connectivity index (χ1) is 9.09. The molecule has 2 N–H and O–H groups in total. The summed E-state index contributed by atoms with van der Waals surface area (Å²) in [6.45, 7) is 10.2. The van der Waals surface area contributed by atoms with Gasteiger partial charge in [-0.2, -0.15) is 0 Å². The van der Waals surface area contributed by atoms with Crippen LogP contribution in [0.1, 0.15) is 34.6 Å². The van der Waals surface area contributed by atoms with Gasteiger partial charge in [-0.3, -0.25) is 4.99 Å². The van der Waals surface area contributed by atoms with Gasteiger partial charge in [0.05, 0.1) is 0 Å². The van der Waals surface area contributed by atoms with Crippen LogP contribution in [-0.4, -0.2) is 6.21 Å². The first kappa shape index (κ1) is 17.2. The van der Waals surface area contributed by atoms with E-state index in [0.29, 0.717) is 0 Å². The summed E-state index contributed by atoms with van der Waals surface area (Å²) >= 11 is 0. The highest BCUT2D eigenvalue weighted by Crippen LogP contribution is 2.22. The van der Waals surface area contributed by atoms with E-state index in [1.165, 1.54) is 0 Å². The van der Waals surface area contributed by atoms with Crippen LogP contribution >= 0.6 is 0 Å². The highest BCUT2D eigenvalue weighted by molar-refractivity contribution is 5.70. The van der Waals surface area contributed by atoms with Crippen molar-refractivity contribution >= 4 is 6.21 Å². The second kappa shape index (κ2) is 9.15. The Morgan fingerprint density at radius 1 is 1.26 bits per heavy atom. The van der Waals surface area contributed by atoms with E-state index >= 15 is 0 Å². The van der Waals surface area contributed by atoms with Gasteiger partial charge >= 0.3 is 0 Å². The minimum atomic E-state index is -0.00893. The molecule has 0 saturated heterocycles. The summed E-state index contributed by atoms with van der Waals surface area (Å²) in [4.78, 5) is 4.30. The predicted octanol–water partition coefficient (Wildman–Crippen LogP) is 4.54. The van der Waals surface area contributed by atoms with Crippen molar-refractivity contribution < 1.29 is 0 Å². The third-order valence-electron chi connectivity index (χ3n) is 2.41. The Morgan fingerprint density at radius 2 is 1.95 bits per heavy atom. The van der Waals surface area contributed by atoms with E-state index in [1.807, 2.05) is 57.5 Å². The molecule has 104 valence electrons. The lowest BCUT2D eigenvalue weighted by Gasteiger charge is -2.11. The van der Waals surface area contributed by atoms with Crippen LogP contribution in [0.4, 0.5) is 0 Å². The van der Waals surface area contributed by atoms with Crippen molar-refractivity contribution in [3.63, 3.8) is 0 Å². The van der Waals surface area contributed by atoms with Gasteiger partial charge in [-0.25, -0.2) is 0 Å². The third kappa shape index (κ3) is 6.61. The van der Waals surface area contributed by atoms with Gasteiger partial charge in [-0.05, 0) is 12.5 Å².